The summed E-state index contributed by atoms with van der Waals surface area (Å²) < 4.78 is 0.626. The number of carbonyl (C=O) groups is 2. The highest BCUT2D eigenvalue weighted by molar-refractivity contribution is 9.10. The van der Waals surface area contributed by atoms with Gasteiger partial charge in [-0.15, -0.1) is 0 Å². The molecular weight excluding hydrogens is 312 g/mol. The second-order valence-corrected chi connectivity index (χ2v) is 5.89. The topological polar surface area (TPSA) is 83.6 Å². The highest BCUT2D eigenvalue weighted by atomic mass is 79.9. The third kappa shape index (κ3) is 2.45. The zero-order valence-corrected chi connectivity index (χ0v) is 12.1. The largest absolute Gasteiger partial charge is 0.481 e. The lowest BCUT2D eigenvalue weighted by atomic mass is 9.90. The maximum Gasteiger partial charge on any atom is 0.311 e. The highest BCUT2D eigenvalue weighted by Gasteiger charge is 2.41. The van der Waals surface area contributed by atoms with Crippen LogP contribution in [0.5, 0.6) is 0 Å². The van der Waals surface area contributed by atoms with Gasteiger partial charge in [-0.2, -0.15) is 0 Å². The van der Waals surface area contributed by atoms with E-state index in [9.17, 15) is 14.7 Å². The van der Waals surface area contributed by atoms with Crippen molar-refractivity contribution in [1.82, 2.24) is 0 Å². The molecule has 0 aliphatic carbocycles. The standard InChI is InChI=1S/C13H15BrN2O3/c1-13(12(18)19)5-6-16(7-13)9-4-2-3-8(14)10(9)11(15)17/h2-4H,5-7H2,1H3,(H2,15,17)(H,18,19). The first-order valence-electron chi connectivity index (χ1n) is 5.92. The summed E-state index contributed by atoms with van der Waals surface area (Å²) in [6, 6.07) is 5.34. The van der Waals surface area contributed by atoms with Gasteiger partial charge in [-0.1, -0.05) is 6.07 Å². The van der Waals surface area contributed by atoms with Crippen LogP contribution in [0.1, 0.15) is 23.7 Å². The number of hydrogen-bond donors (Lipinski definition) is 2. The number of benzene rings is 1. The molecule has 1 saturated heterocycles. The molecule has 102 valence electrons. The summed E-state index contributed by atoms with van der Waals surface area (Å²) in [6.45, 7) is 2.69. The molecular formula is C13H15BrN2O3. The molecule has 1 atom stereocenters. The lowest BCUT2D eigenvalue weighted by Gasteiger charge is -2.23. The van der Waals surface area contributed by atoms with Crippen LogP contribution in [0.2, 0.25) is 0 Å². The van der Waals surface area contributed by atoms with Gasteiger partial charge in [0, 0.05) is 17.6 Å². The van der Waals surface area contributed by atoms with Gasteiger partial charge in [0.25, 0.3) is 5.91 Å². The Bertz CT molecular complexity index is 547. The predicted octanol–water partition coefficient (Wildman–Crippen LogP) is 1.85. The Kier molecular flexibility index (Phi) is 3.54. The molecule has 0 aromatic heterocycles. The lowest BCUT2D eigenvalue weighted by Crippen LogP contribution is -2.32. The Balaban J connectivity index is 2.37. The average Bonchev–Trinajstić information content (AvgIpc) is 2.72. The first-order valence-corrected chi connectivity index (χ1v) is 6.71. The van der Waals surface area contributed by atoms with Crippen molar-refractivity contribution in [2.75, 3.05) is 18.0 Å². The zero-order chi connectivity index (χ0) is 14.2. The molecule has 1 aliphatic rings. The molecule has 1 aromatic carbocycles. The van der Waals surface area contributed by atoms with Crippen molar-refractivity contribution < 1.29 is 14.7 Å². The quantitative estimate of drug-likeness (QED) is 0.887. The number of primary amides is 1. The maximum atomic E-state index is 11.5. The number of nitrogens with two attached hydrogens (primary N) is 1. The minimum absolute atomic E-state index is 0.374. The van der Waals surface area contributed by atoms with E-state index < -0.39 is 17.3 Å². The monoisotopic (exact) mass is 326 g/mol. The van der Waals surface area contributed by atoms with Gasteiger partial charge in [0.1, 0.15) is 0 Å². The summed E-state index contributed by atoms with van der Waals surface area (Å²) in [5.41, 5.74) is 5.70. The third-order valence-corrected chi connectivity index (χ3v) is 4.23. The second kappa shape index (κ2) is 4.85. The average molecular weight is 327 g/mol. The van der Waals surface area contributed by atoms with Crippen LogP contribution in [0.3, 0.4) is 0 Å². The molecule has 5 nitrogen and oxygen atoms in total. The lowest BCUT2D eigenvalue weighted by molar-refractivity contribution is -0.146. The van der Waals surface area contributed by atoms with Gasteiger partial charge in [0.15, 0.2) is 0 Å². The number of amides is 1. The molecule has 0 bridgehead atoms. The SMILES string of the molecule is CC1(C(=O)O)CCN(c2cccc(Br)c2C(N)=O)C1. The van der Waals surface area contributed by atoms with Crippen LogP contribution in [-0.2, 0) is 4.79 Å². The predicted molar refractivity (Wildman–Crippen MR) is 75.2 cm³/mol. The fourth-order valence-electron chi connectivity index (χ4n) is 2.36. The number of halogens is 1. The first-order chi connectivity index (χ1) is 8.85. The van der Waals surface area contributed by atoms with E-state index in [-0.39, 0.29) is 0 Å². The normalized spacial score (nSPS) is 22.5. The van der Waals surface area contributed by atoms with Crippen molar-refractivity contribution in [3.63, 3.8) is 0 Å². The fourth-order valence-corrected chi connectivity index (χ4v) is 2.91. The van der Waals surface area contributed by atoms with Gasteiger partial charge < -0.3 is 15.7 Å². The van der Waals surface area contributed by atoms with Crippen LogP contribution >= 0.6 is 15.9 Å². The number of aliphatic carboxylic acids is 1. The third-order valence-electron chi connectivity index (χ3n) is 3.57. The van der Waals surface area contributed by atoms with Crippen molar-refractivity contribution in [1.29, 1.82) is 0 Å². The molecule has 2 rings (SSSR count). The van der Waals surface area contributed by atoms with E-state index in [4.69, 9.17) is 5.73 Å². The molecule has 0 saturated carbocycles. The smallest absolute Gasteiger partial charge is 0.311 e. The second-order valence-electron chi connectivity index (χ2n) is 5.04. The Morgan fingerprint density at radius 2 is 2.16 bits per heavy atom. The van der Waals surface area contributed by atoms with E-state index in [0.717, 1.165) is 0 Å². The van der Waals surface area contributed by atoms with Crippen molar-refractivity contribution >= 4 is 33.5 Å². The maximum absolute atomic E-state index is 11.5. The van der Waals surface area contributed by atoms with Gasteiger partial charge in [-0.25, -0.2) is 0 Å². The van der Waals surface area contributed by atoms with E-state index in [0.29, 0.717) is 35.2 Å². The van der Waals surface area contributed by atoms with E-state index in [2.05, 4.69) is 15.9 Å². The number of anilines is 1. The molecule has 3 N–H and O–H groups in total. The Labute approximate surface area is 119 Å². The van der Waals surface area contributed by atoms with E-state index in [1.807, 2.05) is 11.0 Å². The molecule has 6 heteroatoms. The summed E-state index contributed by atoms with van der Waals surface area (Å²) in [7, 11) is 0. The highest BCUT2D eigenvalue weighted by Crippen LogP contribution is 2.36. The molecule has 1 aliphatic heterocycles. The number of carboxylic acid groups (broad SMARTS) is 1. The van der Waals surface area contributed by atoms with Gasteiger partial charge in [0.05, 0.1) is 16.7 Å². The minimum atomic E-state index is -0.814. The Hall–Kier alpha value is -1.56. The molecule has 1 heterocycles. The zero-order valence-electron chi connectivity index (χ0n) is 10.5. The minimum Gasteiger partial charge on any atom is -0.481 e. The van der Waals surface area contributed by atoms with Crippen LogP contribution in [0.25, 0.3) is 0 Å². The summed E-state index contributed by atoms with van der Waals surface area (Å²) in [5, 5.41) is 9.24. The number of rotatable bonds is 3. The van der Waals surface area contributed by atoms with Crippen LogP contribution in [0.4, 0.5) is 5.69 Å². The van der Waals surface area contributed by atoms with E-state index >= 15 is 0 Å². The molecule has 19 heavy (non-hydrogen) atoms. The number of hydrogen-bond acceptors (Lipinski definition) is 3. The summed E-state index contributed by atoms with van der Waals surface area (Å²) in [5.74, 6) is -1.34. The Morgan fingerprint density at radius 3 is 2.68 bits per heavy atom. The molecule has 0 spiro atoms. The van der Waals surface area contributed by atoms with Crippen LogP contribution in [-0.4, -0.2) is 30.1 Å². The first kappa shape index (κ1) is 13.9. The Morgan fingerprint density at radius 1 is 1.47 bits per heavy atom. The number of carbonyl (C=O) groups excluding carboxylic acids is 1. The van der Waals surface area contributed by atoms with E-state index in [1.54, 1.807) is 19.1 Å². The van der Waals surface area contributed by atoms with Gasteiger partial charge in [0.2, 0.25) is 0 Å². The molecule has 1 fully saturated rings. The van der Waals surface area contributed by atoms with Crippen molar-refractivity contribution in [2.45, 2.75) is 13.3 Å². The summed E-state index contributed by atoms with van der Waals surface area (Å²) in [6.07, 6.45) is 0.549. The van der Waals surface area contributed by atoms with Crippen molar-refractivity contribution in [3.05, 3.63) is 28.2 Å². The van der Waals surface area contributed by atoms with Crippen LogP contribution < -0.4 is 10.6 Å². The molecule has 1 aromatic rings. The summed E-state index contributed by atoms with van der Waals surface area (Å²) >= 11 is 3.31. The number of nitrogens with zero attached hydrogens (tertiary/aromatic N) is 1. The van der Waals surface area contributed by atoms with Crippen LogP contribution in [0.15, 0.2) is 22.7 Å². The number of carboxylic acids is 1. The summed E-state index contributed by atoms with van der Waals surface area (Å²) in [4.78, 5) is 24.7. The van der Waals surface area contributed by atoms with Gasteiger partial charge >= 0.3 is 5.97 Å². The molecule has 1 amide bonds. The van der Waals surface area contributed by atoms with Crippen LogP contribution in [0, 0.1) is 5.41 Å². The molecule has 0 radical (unpaired) electrons. The van der Waals surface area contributed by atoms with Crippen molar-refractivity contribution in [3.8, 4) is 0 Å². The van der Waals surface area contributed by atoms with E-state index in [1.165, 1.54) is 0 Å². The fraction of sp³-hybridized carbons (Fsp3) is 0.385. The van der Waals surface area contributed by atoms with Crippen molar-refractivity contribution in [2.24, 2.45) is 11.1 Å². The van der Waals surface area contributed by atoms with Gasteiger partial charge in [-0.05, 0) is 41.4 Å². The molecule has 1 unspecified atom stereocenters. The van der Waals surface area contributed by atoms with Gasteiger partial charge in [-0.3, -0.25) is 9.59 Å².